The lowest BCUT2D eigenvalue weighted by Gasteiger charge is -2.18. The molecule has 17 heteroatoms. The van der Waals surface area contributed by atoms with Gasteiger partial charge in [-0.3, -0.25) is 38.4 Å². The third-order valence-corrected chi connectivity index (χ3v) is 18.4. The Bertz CT molecular complexity index is 2050. The molecule has 0 aromatic carbocycles. The third kappa shape index (κ3) is 94.8. The van der Waals surface area contributed by atoms with Gasteiger partial charge < -0.3 is 44.1 Å². The molecule has 0 fully saturated rings. The smallest absolute Gasteiger partial charge is 0.314 e. The second kappa shape index (κ2) is 88.6. The molecule has 0 aromatic rings. The van der Waals surface area contributed by atoms with Gasteiger partial charge in [0.15, 0.2) is 6.10 Å². The summed E-state index contributed by atoms with van der Waals surface area (Å²) in [4.78, 5) is 90.8. The van der Waals surface area contributed by atoms with Crippen molar-refractivity contribution in [2.75, 3.05) is 26.4 Å². The third-order valence-electron chi connectivity index (χ3n) is 18.4. The predicted molar refractivity (Wildman–Crippen MR) is 433 cm³/mol. The maximum atomic E-state index is 12.4. The van der Waals surface area contributed by atoms with Gasteiger partial charge in [-0.1, -0.05) is 295 Å². The number of ether oxygens (including phenoxy) is 5. The molecule has 0 aromatic heterocycles. The molecule has 0 rings (SSSR count). The highest BCUT2D eigenvalue weighted by Gasteiger charge is 2.20. The van der Waals surface area contributed by atoms with E-state index in [1.165, 1.54) is 225 Å². The topological polar surface area (TPSA) is 264 Å². The number of unbranched alkanes of at least 4 members (excludes halogenated alkanes) is 47. The van der Waals surface area contributed by atoms with Crippen LogP contribution < -0.4 is 0 Å². The van der Waals surface area contributed by atoms with Gasteiger partial charge in [-0.25, -0.2) is 0 Å². The number of carbonyl (C=O) groups is 8. The average Bonchev–Trinajstić information content (AvgIpc) is 0.966. The van der Waals surface area contributed by atoms with Gasteiger partial charge in [0, 0.05) is 38.5 Å². The van der Waals surface area contributed by atoms with Crippen LogP contribution in [0.25, 0.3) is 0 Å². The molecule has 0 saturated carbocycles. The normalized spacial score (nSPS) is 11.6. The number of hydrogen-bond donors (Lipinski definition) is 4. The first-order valence-corrected chi connectivity index (χ1v) is 43.4. The Balaban J connectivity index is -0.00000187. The number of hydrogen-bond acceptors (Lipinski definition) is 14. The van der Waals surface area contributed by atoms with E-state index in [-0.39, 0.29) is 63.1 Å². The number of aliphatic hydroxyl groups is 1. The van der Waals surface area contributed by atoms with Crippen molar-refractivity contribution in [3.05, 3.63) is 48.6 Å². The second-order valence-corrected chi connectivity index (χ2v) is 29.1. The van der Waals surface area contributed by atoms with Crippen LogP contribution >= 0.6 is 0 Å². The van der Waals surface area contributed by atoms with E-state index in [4.69, 9.17) is 39.0 Å². The highest BCUT2D eigenvalue weighted by Crippen LogP contribution is 2.17. The number of rotatable bonds is 78. The minimum absolute atomic E-state index is 0.0148. The molecule has 0 amide bonds. The van der Waals surface area contributed by atoms with Gasteiger partial charge in [-0.05, 0) is 141 Å². The van der Waals surface area contributed by atoms with Crippen LogP contribution in [-0.2, 0) is 62.0 Å². The van der Waals surface area contributed by atoms with Crippen LogP contribution in [0.3, 0.4) is 0 Å². The Labute approximate surface area is 646 Å². The molecule has 0 bridgehead atoms. The van der Waals surface area contributed by atoms with E-state index < -0.39 is 42.5 Å². The van der Waals surface area contributed by atoms with Gasteiger partial charge in [0.25, 0.3) is 0 Å². The van der Waals surface area contributed by atoms with Crippen LogP contribution in [0.15, 0.2) is 48.6 Å². The molecule has 0 aliphatic rings. The van der Waals surface area contributed by atoms with Gasteiger partial charge in [0.05, 0.1) is 0 Å². The summed E-state index contributed by atoms with van der Waals surface area (Å²) in [5.41, 5.74) is 0. The fraction of sp³-hybridized carbons (Fsp3) is 0.820. The number of aliphatic carboxylic acids is 3. The van der Waals surface area contributed by atoms with Gasteiger partial charge in [-0.2, -0.15) is 0 Å². The van der Waals surface area contributed by atoms with E-state index in [1.807, 2.05) is 0 Å². The second-order valence-electron chi connectivity index (χ2n) is 29.1. The Morgan fingerprint density at radius 2 is 0.425 bits per heavy atom. The van der Waals surface area contributed by atoms with Crippen LogP contribution in [0.4, 0.5) is 0 Å². The predicted octanol–water partition coefficient (Wildman–Crippen LogP) is 24.5. The van der Waals surface area contributed by atoms with Gasteiger partial charge in [0.2, 0.25) is 0 Å². The maximum Gasteiger partial charge on any atom is 0.314 e. The summed E-state index contributed by atoms with van der Waals surface area (Å²) in [6.45, 7) is 8.43. The molecular formula is C89H160O17. The van der Waals surface area contributed by atoms with Gasteiger partial charge in [-0.15, -0.1) is 0 Å². The number of carboxylic acids is 3. The highest BCUT2D eigenvalue weighted by molar-refractivity contribution is 5.88. The molecule has 106 heavy (non-hydrogen) atoms. The van der Waals surface area contributed by atoms with Crippen molar-refractivity contribution in [2.45, 2.75) is 444 Å². The first-order chi connectivity index (χ1) is 51.6. The lowest BCUT2D eigenvalue weighted by molar-refractivity contribution is -0.167. The molecule has 4 N–H and O–H groups in total. The summed E-state index contributed by atoms with van der Waals surface area (Å²) in [7, 11) is 0. The van der Waals surface area contributed by atoms with E-state index in [9.17, 15) is 43.5 Å². The molecule has 0 aliphatic carbocycles. The number of esters is 5. The molecular weight excluding hydrogens is 1340 g/mol. The fourth-order valence-electron chi connectivity index (χ4n) is 11.8. The Morgan fingerprint density at radius 3 is 0.642 bits per heavy atom. The van der Waals surface area contributed by atoms with Crippen molar-refractivity contribution < 1.29 is 82.5 Å². The van der Waals surface area contributed by atoms with Crippen LogP contribution in [0.5, 0.6) is 0 Å². The summed E-state index contributed by atoms with van der Waals surface area (Å²) >= 11 is 0. The van der Waals surface area contributed by atoms with E-state index in [2.05, 4.69) is 76.3 Å². The van der Waals surface area contributed by atoms with Crippen molar-refractivity contribution >= 4 is 47.8 Å². The van der Waals surface area contributed by atoms with Crippen LogP contribution in [0.1, 0.15) is 432 Å². The molecule has 1 atom stereocenters. The quantitative estimate of drug-likeness (QED) is 0.0145. The molecule has 0 spiro atoms. The van der Waals surface area contributed by atoms with Crippen molar-refractivity contribution in [1.29, 1.82) is 0 Å². The summed E-state index contributed by atoms with van der Waals surface area (Å²) < 4.78 is 26.6. The monoisotopic (exact) mass is 1500 g/mol. The van der Waals surface area contributed by atoms with E-state index in [0.29, 0.717) is 38.5 Å². The van der Waals surface area contributed by atoms with E-state index in [0.717, 1.165) is 122 Å². The summed E-state index contributed by atoms with van der Waals surface area (Å²) in [6.07, 6.45) is 83.3. The molecule has 618 valence electrons. The maximum absolute atomic E-state index is 12.4. The number of allylic oxidation sites excluding steroid dienone is 8. The van der Waals surface area contributed by atoms with Crippen LogP contribution in [0.2, 0.25) is 0 Å². The zero-order valence-electron chi connectivity index (χ0n) is 68.2. The highest BCUT2D eigenvalue weighted by atomic mass is 16.6. The minimum Gasteiger partial charge on any atom is -0.481 e. The standard InChI is InChI=1S/C47H84O8.C39H72O5.C3H4O4/c1-3-5-7-9-11-13-15-17-19-20-22-24-26-28-30-32-34-39-46(51)54-42-43(55-47(52)40-36-35-37-44(48)49)41-53-45(50)38-33-31-29-27-25-23-21-18-16-14-12-10-8-6-4-2;1-3-5-7-9-11-13-15-17-19-21-23-25-27-29-31-33-38(41)43-35-37(40)36-44-39(42)34-32-30-28-26-24-22-20-18-16-14-12-10-8-6-4-2;4-2(5)1-3(6)7/h18-21,43H,3-17,22-42H2,1-2H3,(H,48,49);17-20,37,40H,3-16,21-36H2,1-2H3;1H2,(H,4,5)(H,6,7)/b20-19-,21-18-;19-17-,20-18-;. The summed E-state index contributed by atoms with van der Waals surface area (Å²) in [6, 6.07) is 0. The Kier molecular flexibility index (Phi) is 87.6. The number of carboxylic acid groups (broad SMARTS) is 3. The number of aliphatic hydroxyl groups excluding tert-OH is 1. The van der Waals surface area contributed by atoms with Crippen LogP contribution in [-0.4, -0.2) is 107 Å². The first kappa shape index (κ1) is 105. The largest absolute Gasteiger partial charge is 0.481 e. The van der Waals surface area contributed by atoms with Crippen molar-refractivity contribution in [3.63, 3.8) is 0 Å². The molecule has 0 heterocycles. The lowest BCUT2D eigenvalue weighted by atomic mass is 10.1. The van der Waals surface area contributed by atoms with E-state index >= 15 is 0 Å². The van der Waals surface area contributed by atoms with Crippen molar-refractivity contribution in [1.82, 2.24) is 0 Å². The molecule has 17 nitrogen and oxygen atoms in total. The Hall–Kier alpha value is -5.32. The van der Waals surface area contributed by atoms with Crippen molar-refractivity contribution in [2.24, 2.45) is 0 Å². The summed E-state index contributed by atoms with van der Waals surface area (Å²) in [5.74, 6) is -5.35. The number of carbonyl (C=O) groups excluding carboxylic acids is 5. The fourth-order valence-corrected chi connectivity index (χ4v) is 11.8. The minimum atomic E-state index is -1.31. The molecule has 0 radical (unpaired) electrons. The molecule has 0 aliphatic heterocycles. The van der Waals surface area contributed by atoms with Gasteiger partial charge >= 0.3 is 47.8 Å². The zero-order chi connectivity index (χ0) is 78.3. The Morgan fingerprint density at radius 1 is 0.236 bits per heavy atom. The van der Waals surface area contributed by atoms with Crippen LogP contribution in [0, 0.1) is 0 Å². The van der Waals surface area contributed by atoms with E-state index in [1.54, 1.807) is 0 Å². The molecule has 0 saturated heterocycles. The van der Waals surface area contributed by atoms with Gasteiger partial charge in [0.1, 0.15) is 39.0 Å². The zero-order valence-corrected chi connectivity index (χ0v) is 68.2. The first-order valence-electron chi connectivity index (χ1n) is 43.4. The average molecular weight is 1500 g/mol. The molecule has 1 unspecified atom stereocenters. The SMILES string of the molecule is CCCCCCCC/C=C\CCCCCCCC(=O)OCC(COC(=O)CCCCCCCC/C=C\CCCCCCCCC)OC(=O)CCCCC(=O)O.CCCCCCCC/C=C\CCCCCCCC(=O)OCC(O)COC(=O)CCCCCCC/C=C\CCCCCCCC.O=C(O)CC(=O)O. The lowest BCUT2D eigenvalue weighted by Crippen LogP contribution is -2.30. The van der Waals surface area contributed by atoms with Crippen molar-refractivity contribution in [3.8, 4) is 0 Å². The summed E-state index contributed by atoms with van der Waals surface area (Å²) in [5, 5.41) is 34.2.